The van der Waals surface area contributed by atoms with Gasteiger partial charge in [-0.1, -0.05) is 54.0 Å². The molecule has 156 valence electrons. The summed E-state index contributed by atoms with van der Waals surface area (Å²) in [4.78, 5) is 25.3. The summed E-state index contributed by atoms with van der Waals surface area (Å²) in [6.07, 6.45) is 2.64. The number of hydrogen-bond donors (Lipinski definition) is 2. The van der Waals surface area contributed by atoms with E-state index in [9.17, 15) is 9.59 Å². The first-order valence-electron chi connectivity index (χ1n) is 8.91. The van der Waals surface area contributed by atoms with Crippen LogP contribution in [0.2, 0.25) is 10.0 Å². The van der Waals surface area contributed by atoms with E-state index < -0.39 is 11.9 Å². The van der Waals surface area contributed by atoms with Crippen molar-refractivity contribution in [3.05, 3.63) is 63.0 Å². The van der Waals surface area contributed by atoms with Crippen LogP contribution in [-0.4, -0.2) is 27.9 Å². The average Bonchev–Trinajstić information content (AvgIpc) is 2.97. The summed E-state index contributed by atoms with van der Waals surface area (Å²) < 4.78 is 5.77. The molecular weight excluding hydrogens is 465 g/mol. The van der Waals surface area contributed by atoms with E-state index in [0.717, 1.165) is 34.5 Å². The first kappa shape index (κ1) is 22.4. The van der Waals surface area contributed by atoms with Crippen LogP contribution in [0.5, 0.6) is 5.75 Å². The third-order valence-corrected chi connectivity index (χ3v) is 5.88. The Morgan fingerprint density at radius 3 is 2.60 bits per heavy atom. The maximum atomic E-state index is 12.7. The number of rotatable bonds is 6. The third kappa shape index (κ3) is 5.66. The number of benzene rings is 2. The monoisotopic (exact) mass is 481 g/mol. The minimum atomic E-state index is -0.636. The molecule has 0 spiro atoms. The molecule has 2 aromatic rings. The van der Waals surface area contributed by atoms with Gasteiger partial charge >= 0.3 is 6.03 Å². The third-order valence-electron chi connectivity index (χ3n) is 3.84. The van der Waals surface area contributed by atoms with Gasteiger partial charge in [-0.15, -0.1) is 0 Å². The zero-order valence-electron chi connectivity index (χ0n) is 15.8. The van der Waals surface area contributed by atoms with Gasteiger partial charge in [0.25, 0.3) is 5.91 Å². The van der Waals surface area contributed by atoms with Crippen LogP contribution in [0.3, 0.4) is 0 Å². The van der Waals surface area contributed by atoms with E-state index in [1.807, 2.05) is 31.2 Å². The van der Waals surface area contributed by atoms with Gasteiger partial charge in [0.05, 0.1) is 21.6 Å². The van der Waals surface area contributed by atoms with Gasteiger partial charge in [-0.25, -0.2) is 10.2 Å². The molecule has 0 aliphatic carbocycles. The number of nitrogens with one attached hydrogen (secondary N) is 2. The molecule has 30 heavy (non-hydrogen) atoms. The number of urea groups is 1. The SMILES string of the molecule is CCCOc1ccc(/C=C2\SC(=S)N(NC(=O)Nc3ccc(Cl)c(Cl)c3)C2=O)cc1. The molecule has 0 atom stereocenters. The highest BCUT2D eigenvalue weighted by molar-refractivity contribution is 8.26. The highest BCUT2D eigenvalue weighted by Gasteiger charge is 2.33. The van der Waals surface area contributed by atoms with Crippen LogP contribution >= 0.6 is 47.2 Å². The number of ether oxygens (including phenoxy) is 1. The lowest BCUT2D eigenvalue weighted by atomic mass is 10.2. The molecule has 1 fully saturated rings. The number of hydrazine groups is 1. The van der Waals surface area contributed by atoms with Crippen LogP contribution in [0.1, 0.15) is 18.9 Å². The molecule has 1 saturated heterocycles. The summed E-state index contributed by atoms with van der Waals surface area (Å²) in [5.74, 6) is 0.350. The first-order valence-corrected chi connectivity index (χ1v) is 10.9. The predicted molar refractivity (Wildman–Crippen MR) is 126 cm³/mol. The van der Waals surface area contributed by atoms with Gasteiger partial charge in [0.15, 0.2) is 4.32 Å². The maximum absolute atomic E-state index is 12.7. The fourth-order valence-corrected chi connectivity index (χ4v) is 3.91. The highest BCUT2D eigenvalue weighted by Crippen LogP contribution is 2.32. The number of carbonyl (C=O) groups is 2. The average molecular weight is 482 g/mol. The lowest BCUT2D eigenvalue weighted by molar-refractivity contribution is -0.123. The Labute approximate surface area is 193 Å². The molecule has 2 aromatic carbocycles. The summed E-state index contributed by atoms with van der Waals surface area (Å²) in [6.45, 7) is 2.68. The van der Waals surface area contributed by atoms with Crippen molar-refractivity contribution in [2.24, 2.45) is 0 Å². The van der Waals surface area contributed by atoms with E-state index in [1.54, 1.807) is 18.2 Å². The van der Waals surface area contributed by atoms with Crippen molar-refractivity contribution in [3.63, 3.8) is 0 Å². The number of anilines is 1. The van der Waals surface area contributed by atoms with E-state index in [0.29, 0.717) is 27.2 Å². The van der Waals surface area contributed by atoms with Gasteiger partial charge in [-0.2, -0.15) is 5.01 Å². The highest BCUT2D eigenvalue weighted by atomic mass is 35.5. The summed E-state index contributed by atoms with van der Waals surface area (Å²) in [6, 6.07) is 11.4. The standard InChI is InChI=1S/C20H17Cl2N3O3S2/c1-2-9-28-14-6-3-12(4-7-14)10-17-18(26)25(20(29)30-17)24-19(27)23-13-5-8-15(21)16(22)11-13/h3-8,10-11H,2,9H2,1H3,(H2,23,24,27)/b17-10-. The van der Waals surface area contributed by atoms with Crippen molar-refractivity contribution in [2.45, 2.75) is 13.3 Å². The fourth-order valence-electron chi connectivity index (χ4n) is 2.43. The molecule has 0 aromatic heterocycles. The van der Waals surface area contributed by atoms with Crippen molar-refractivity contribution >= 4 is 75.2 Å². The Morgan fingerprint density at radius 1 is 1.20 bits per heavy atom. The van der Waals surface area contributed by atoms with E-state index in [-0.39, 0.29) is 4.32 Å². The van der Waals surface area contributed by atoms with Gasteiger partial charge in [-0.05, 0) is 60.6 Å². The van der Waals surface area contributed by atoms with Crippen LogP contribution in [0.15, 0.2) is 47.4 Å². The molecule has 1 heterocycles. The molecule has 0 radical (unpaired) electrons. The largest absolute Gasteiger partial charge is 0.494 e. The Morgan fingerprint density at radius 2 is 1.93 bits per heavy atom. The summed E-state index contributed by atoms with van der Waals surface area (Å²) in [5, 5.41) is 4.27. The predicted octanol–water partition coefficient (Wildman–Crippen LogP) is 5.72. The first-order chi connectivity index (χ1) is 14.4. The van der Waals surface area contributed by atoms with Crippen LogP contribution in [0, 0.1) is 0 Å². The lowest BCUT2D eigenvalue weighted by Gasteiger charge is -2.16. The summed E-state index contributed by atoms with van der Waals surface area (Å²) in [7, 11) is 0. The summed E-state index contributed by atoms with van der Waals surface area (Å²) in [5.41, 5.74) is 3.69. The Kier molecular flexibility index (Phi) is 7.60. The van der Waals surface area contributed by atoms with E-state index in [1.165, 1.54) is 6.07 Å². The second-order valence-electron chi connectivity index (χ2n) is 6.13. The maximum Gasteiger partial charge on any atom is 0.338 e. The normalized spacial score (nSPS) is 14.9. The lowest BCUT2D eigenvalue weighted by Crippen LogP contribution is -2.46. The number of thioether (sulfide) groups is 1. The van der Waals surface area contributed by atoms with Gasteiger partial charge in [0.1, 0.15) is 5.75 Å². The molecule has 2 N–H and O–H groups in total. The molecular formula is C20H17Cl2N3O3S2. The van der Waals surface area contributed by atoms with Crippen molar-refractivity contribution < 1.29 is 14.3 Å². The Balaban J connectivity index is 1.64. The second-order valence-corrected chi connectivity index (χ2v) is 8.62. The molecule has 6 nitrogen and oxygen atoms in total. The summed E-state index contributed by atoms with van der Waals surface area (Å²) >= 11 is 18.1. The van der Waals surface area contributed by atoms with Crippen LogP contribution in [-0.2, 0) is 4.79 Å². The van der Waals surface area contributed by atoms with Crippen molar-refractivity contribution in [1.29, 1.82) is 0 Å². The number of carbonyl (C=O) groups excluding carboxylic acids is 2. The molecule has 1 aliphatic rings. The zero-order valence-corrected chi connectivity index (χ0v) is 18.9. The number of halogens is 2. The molecule has 0 unspecified atom stereocenters. The zero-order chi connectivity index (χ0) is 21.7. The Bertz CT molecular complexity index is 1010. The number of nitrogens with zero attached hydrogens (tertiary/aromatic N) is 1. The van der Waals surface area contributed by atoms with Crippen molar-refractivity contribution in [3.8, 4) is 5.75 Å². The Hall–Kier alpha value is -2.26. The fraction of sp³-hybridized carbons (Fsp3) is 0.150. The smallest absolute Gasteiger partial charge is 0.338 e. The minimum Gasteiger partial charge on any atom is -0.494 e. The minimum absolute atomic E-state index is 0.221. The van der Waals surface area contributed by atoms with Gasteiger partial charge < -0.3 is 10.1 Å². The molecule has 3 amide bonds. The molecule has 3 rings (SSSR count). The molecule has 10 heteroatoms. The van der Waals surface area contributed by atoms with Gasteiger partial charge in [0, 0.05) is 5.69 Å². The molecule has 0 bridgehead atoms. The van der Waals surface area contributed by atoms with E-state index in [2.05, 4.69) is 10.7 Å². The quantitative estimate of drug-likeness (QED) is 0.407. The van der Waals surface area contributed by atoms with Crippen LogP contribution < -0.4 is 15.5 Å². The van der Waals surface area contributed by atoms with Crippen LogP contribution in [0.4, 0.5) is 10.5 Å². The molecule has 0 saturated carbocycles. The topological polar surface area (TPSA) is 70.7 Å². The van der Waals surface area contributed by atoms with Crippen molar-refractivity contribution in [2.75, 3.05) is 11.9 Å². The molecule has 1 aliphatic heterocycles. The van der Waals surface area contributed by atoms with Crippen molar-refractivity contribution in [1.82, 2.24) is 10.4 Å². The van der Waals surface area contributed by atoms with Gasteiger partial charge in [0.2, 0.25) is 0 Å². The number of hydrogen-bond acceptors (Lipinski definition) is 5. The van der Waals surface area contributed by atoms with E-state index >= 15 is 0 Å². The van der Waals surface area contributed by atoms with Crippen LogP contribution in [0.25, 0.3) is 6.08 Å². The number of amides is 3. The number of thiocarbonyl (C=S) groups is 1. The second kappa shape index (κ2) is 10.2. The van der Waals surface area contributed by atoms with E-state index in [4.69, 9.17) is 40.2 Å². The van der Waals surface area contributed by atoms with Gasteiger partial charge in [-0.3, -0.25) is 4.79 Å².